The molecule has 0 bridgehead atoms. The van der Waals surface area contributed by atoms with Gasteiger partial charge in [0.05, 0.1) is 24.6 Å². The summed E-state index contributed by atoms with van der Waals surface area (Å²) in [7, 11) is -3.43. The van der Waals surface area contributed by atoms with Crippen molar-refractivity contribution in [3.63, 3.8) is 0 Å². The second kappa shape index (κ2) is 7.79. The number of nitrogens with one attached hydrogen (secondary N) is 1. The molecular formula is C13H18N2O3S. The van der Waals surface area contributed by atoms with Crippen molar-refractivity contribution in [3.05, 3.63) is 29.8 Å². The summed E-state index contributed by atoms with van der Waals surface area (Å²) in [5.74, 6) is 5.45. The molecule has 19 heavy (non-hydrogen) atoms. The Kier molecular flexibility index (Phi) is 6.36. The minimum atomic E-state index is -3.43. The Hall–Kier alpha value is -1.55. The first kappa shape index (κ1) is 15.5. The van der Waals surface area contributed by atoms with Crippen LogP contribution < -0.4 is 10.5 Å². The van der Waals surface area contributed by atoms with Crippen molar-refractivity contribution in [2.24, 2.45) is 5.73 Å². The second-order valence-electron chi connectivity index (χ2n) is 3.67. The standard InChI is InChI=1S/C13H18N2O3S/c1-2-18-10-11-19(16,17)15-13-8-4-3-6-12(13)7-5-9-14/h3-4,6,8,15H,2,9-11,14H2,1H3. The lowest BCUT2D eigenvalue weighted by Crippen LogP contribution is -2.20. The van der Waals surface area contributed by atoms with Gasteiger partial charge in [0.2, 0.25) is 10.0 Å². The molecule has 0 spiro atoms. The van der Waals surface area contributed by atoms with Gasteiger partial charge >= 0.3 is 0 Å². The molecule has 0 aliphatic heterocycles. The van der Waals surface area contributed by atoms with Crippen LogP contribution in [0.4, 0.5) is 5.69 Å². The first-order chi connectivity index (χ1) is 9.09. The highest BCUT2D eigenvalue weighted by Crippen LogP contribution is 2.15. The highest BCUT2D eigenvalue weighted by atomic mass is 32.2. The van der Waals surface area contributed by atoms with Gasteiger partial charge in [-0.25, -0.2) is 8.42 Å². The quantitative estimate of drug-likeness (QED) is 0.596. The van der Waals surface area contributed by atoms with Crippen molar-refractivity contribution < 1.29 is 13.2 Å². The fraction of sp³-hybridized carbons (Fsp3) is 0.385. The van der Waals surface area contributed by atoms with Gasteiger partial charge in [-0.1, -0.05) is 24.0 Å². The average molecular weight is 282 g/mol. The van der Waals surface area contributed by atoms with Crippen LogP contribution in [0.2, 0.25) is 0 Å². The Morgan fingerprint density at radius 2 is 2.11 bits per heavy atom. The van der Waals surface area contributed by atoms with E-state index in [9.17, 15) is 8.42 Å². The number of hydrogen-bond acceptors (Lipinski definition) is 4. The monoisotopic (exact) mass is 282 g/mol. The number of ether oxygens (including phenoxy) is 1. The van der Waals surface area contributed by atoms with Crippen molar-refractivity contribution in [2.45, 2.75) is 6.92 Å². The zero-order valence-corrected chi connectivity index (χ0v) is 11.7. The van der Waals surface area contributed by atoms with Gasteiger partial charge < -0.3 is 10.5 Å². The van der Waals surface area contributed by atoms with Crippen LogP contribution in [-0.4, -0.2) is 33.9 Å². The van der Waals surface area contributed by atoms with Gasteiger partial charge in [0.1, 0.15) is 0 Å². The molecule has 0 saturated heterocycles. The third-order valence-electron chi connectivity index (χ3n) is 2.22. The summed E-state index contributed by atoms with van der Waals surface area (Å²) in [5.41, 5.74) is 6.37. The maximum Gasteiger partial charge on any atom is 0.235 e. The lowest BCUT2D eigenvalue weighted by molar-refractivity contribution is 0.163. The molecule has 0 fully saturated rings. The van der Waals surface area contributed by atoms with Crippen LogP contribution in [0, 0.1) is 11.8 Å². The number of para-hydroxylation sites is 1. The lowest BCUT2D eigenvalue weighted by Gasteiger charge is -2.09. The van der Waals surface area contributed by atoms with E-state index >= 15 is 0 Å². The Morgan fingerprint density at radius 3 is 2.79 bits per heavy atom. The number of hydrogen-bond donors (Lipinski definition) is 2. The summed E-state index contributed by atoms with van der Waals surface area (Å²) in [6.07, 6.45) is 0. The highest BCUT2D eigenvalue weighted by molar-refractivity contribution is 7.92. The molecular weight excluding hydrogens is 264 g/mol. The molecule has 0 heterocycles. The number of nitrogens with two attached hydrogens (primary N) is 1. The minimum Gasteiger partial charge on any atom is -0.381 e. The third kappa shape index (κ3) is 5.75. The van der Waals surface area contributed by atoms with Gasteiger partial charge in [0, 0.05) is 12.2 Å². The van der Waals surface area contributed by atoms with Crippen LogP contribution in [0.5, 0.6) is 0 Å². The first-order valence-electron chi connectivity index (χ1n) is 5.95. The molecule has 0 aliphatic rings. The van der Waals surface area contributed by atoms with Gasteiger partial charge in [-0.2, -0.15) is 0 Å². The predicted octanol–water partition coefficient (Wildman–Crippen LogP) is 0.775. The molecule has 0 saturated carbocycles. The van der Waals surface area contributed by atoms with Gasteiger partial charge in [-0.15, -0.1) is 0 Å². The largest absolute Gasteiger partial charge is 0.381 e. The molecule has 1 aromatic rings. The van der Waals surface area contributed by atoms with E-state index in [1.165, 1.54) is 0 Å². The second-order valence-corrected chi connectivity index (χ2v) is 5.51. The van der Waals surface area contributed by atoms with E-state index in [4.69, 9.17) is 10.5 Å². The molecule has 0 aromatic heterocycles. The van der Waals surface area contributed by atoms with Gasteiger partial charge in [-0.05, 0) is 19.1 Å². The normalized spacial score (nSPS) is 10.6. The summed E-state index contributed by atoms with van der Waals surface area (Å²) >= 11 is 0. The molecule has 0 atom stereocenters. The zero-order chi connectivity index (χ0) is 14.1. The van der Waals surface area contributed by atoms with E-state index in [-0.39, 0.29) is 18.9 Å². The molecule has 104 valence electrons. The summed E-state index contributed by atoms with van der Waals surface area (Å²) < 4.78 is 31.2. The molecule has 6 heteroatoms. The molecule has 5 nitrogen and oxygen atoms in total. The van der Waals surface area contributed by atoms with Crippen LogP contribution in [0.3, 0.4) is 0 Å². The van der Waals surface area contributed by atoms with Crippen LogP contribution in [-0.2, 0) is 14.8 Å². The predicted molar refractivity (Wildman–Crippen MR) is 76.3 cm³/mol. The van der Waals surface area contributed by atoms with Crippen LogP contribution in [0.15, 0.2) is 24.3 Å². The van der Waals surface area contributed by atoms with Crippen molar-refractivity contribution >= 4 is 15.7 Å². The Labute approximate surface area is 114 Å². The Balaban J connectivity index is 2.81. The molecule has 1 rings (SSSR count). The number of rotatable bonds is 6. The molecule has 0 aliphatic carbocycles. The topological polar surface area (TPSA) is 81.4 Å². The highest BCUT2D eigenvalue weighted by Gasteiger charge is 2.11. The molecule has 0 amide bonds. The van der Waals surface area contributed by atoms with Gasteiger partial charge in [-0.3, -0.25) is 4.72 Å². The first-order valence-corrected chi connectivity index (χ1v) is 7.60. The van der Waals surface area contributed by atoms with Crippen LogP contribution in [0.1, 0.15) is 12.5 Å². The number of anilines is 1. The van der Waals surface area contributed by atoms with Crippen molar-refractivity contribution in [1.29, 1.82) is 0 Å². The summed E-state index contributed by atoms with van der Waals surface area (Å²) in [6.45, 7) is 2.71. The third-order valence-corrected chi connectivity index (χ3v) is 3.45. The average Bonchev–Trinajstić information content (AvgIpc) is 2.37. The fourth-order valence-corrected chi connectivity index (χ4v) is 2.31. The number of benzene rings is 1. The summed E-state index contributed by atoms with van der Waals surface area (Å²) in [4.78, 5) is 0. The van der Waals surface area contributed by atoms with E-state index in [1.807, 2.05) is 6.92 Å². The molecule has 3 N–H and O–H groups in total. The maximum atomic E-state index is 11.8. The van der Waals surface area contributed by atoms with E-state index in [0.717, 1.165) is 0 Å². The minimum absolute atomic E-state index is 0.0838. The Bertz CT molecular complexity index is 559. The zero-order valence-electron chi connectivity index (χ0n) is 10.8. The summed E-state index contributed by atoms with van der Waals surface area (Å²) in [5, 5.41) is 0. The van der Waals surface area contributed by atoms with E-state index < -0.39 is 10.0 Å². The molecule has 0 radical (unpaired) electrons. The van der Waals surface area contributed by atoms with Crippen LogP contribution in [0.25, 0.3) is 0 Å². The van der Waals surface area contributed by atoms with Crippen molar-refractivity contribution in [3.8, 4) is 11.8 Å². The number of sulfonamides is 1. The Morgan fingerprint density at radius 1 is 1.37 bits per heavy atom. The van der Waals surface area contributed by atoms with E-state index in [1.54, 1.807) is 24.3 Å². The fourth-order valence-electron chi connectivity index (χ4n) is 1.36. The maximum absolute atomic E-state index is 11.8. The summed E-state index contributed by atoms with van der Waals surface area (Å²) in [6, 6.07) is 6.94. The van der Waals surface area contributed by atoms with Crippen molar-refractivity contribution in [2.75, 3.05) is 30.2 Å². The van der Waals surface area contributed by atoms with Crippen molar-refractivity contribution in [1.82, 2.24) is 0 Å². The van der Waals surface area contributed by atoms with Crippen LogP contribution >= 0.6 is 0 Å². The lowest BCUT2D eigenvalue weighted by atomic mass is 10.2. The van der Waals surface area contributed by atoms with E-state index in [0.29, 0.717) is 17.9 Å². The molecule has 0 unspecified atom stereocenters. The van der Waals surface area contributed by atoms with Gasteiger partial charge in [0.25, 0.3) is 0 Å². The SMILES string of the molecule is CCOCCS(=O)(=O)Nc1ccccc1C#CCN. The van der Waals surface area contributed by atoms with Gasteiger partial charge in [0.15, 0.2) is 0 Å². The molecule has 1 aromatic carbocycles. The van der Waals surface area contributed by atoms with E-state index in [2.05, 4.69) is 16.6 Å². The smallest absolute Gasteiger partial charge is 0.235 e.